The molecule has 0 saturated heterocycles. The van der Waals surface area contributed by atoms with Crippen molar-refractivity contribution >= 4 is 11.6 Å². The zero-order chi connectivity index (χ0) is 23.3. The quantitative estimate of drug-likeness (QED) is 0.414. The molecule has 2 N–H and O–H groups in total. The molecule has 0 saturated carbocycles. The van der Waals surface area contributed by atoms with Crippen molar-refractivity contribution in [1.82, 2.24) is 15.2 Å². The van der Waals surface area contributed by atoms with Gasteiger partial charge in [-0.25, -0.2) is 14.5 Å². The van der Waals surface area contributed by atoms with Gasteiger partial charge in [-0.05, 0) is 49.7 Å². The number of H-pyrrole nitrogens is 1. The van der Waals surface area contributed by atoms with Gasteiger partial charge in [0.25, 0.3) is 11.5 Å². The molecular formula is C23H25FN4O4. The van der Waals surface area contributed by atoms with Gasteiger partial charge in [0.15, 0.2) is 0 Å². The van der Waals surface area contributed by atoms with Crippen LogP contribution in [0.15, 0.2) is 52.4 Å². The zero-order valence-corrected chi connectivity index (χ0v) is 18.4. The monoisotopic (exact) mass is 440 g/mol. The fourth-order valence-electron chi connectivity index (χ4n) is 3.25. The number of benzene rings is 2. The molecule has 0 bridgehead atoms. The van der Waals surface area contributed by atoms with Crippen LogP contribution in [0.5, 0.6) is 11.5 Å². The molecule has 32 heavy (non-hydrogen) atoms. The van der Waals surface area contributed by atoms with E-state index in [0.717, 1.165) is 6.42 Å². The predicted octanol–water partition coefficient (Wildman–Crippen LogP) is 3.43. The molecule has 3 rings (SSSR count). The molecule has 9 heteroatoms. The van der Waals surface area contributed by atoms with Gasteiger partial charge >= 0.3 is 0 Å². The summed E-state index contributed by atoms with van der Waals surface area (Å²) in [6.45, 7) is 3.63. The summed E-state index contributed by atoms with van der Waals surface area (Å²) in [6, 6.07) is 10.4. The lowest BCUT2D eigenvalue weighted by atomic mass is 10.1. The zero-order valence-electron chi connectivity index (χ0n) is 18.4. The number of aryl methyl sites for hydroxylation is 1. The molecule has 2 aromatic carbocycles. The summed E-state index contributed by atoms with van der Waals surface area (Å²) >= 11 is 0. The number of nitrogens with zero attached hydrogens (tertiary/aromatic N) is 2. The lowest BCUT2D eigenvalue weighted by Gasteiger charge is -2.08. The molecule has 0 radical (unpaired) electrons. The number of rotatable bonds is 8. The van der Waals surface area contributed by atoms with Crippen molar-refractivity contribution in [1.29, 1.82) is 0 Å². The highest BCUT2D eigenvalue weighted by Crippen LogP contribution is 2.22. The molecule has 0 aliphatic heterocycles. The average Bonchev–Trinajstić information content (AvgIpc) is 3.13. The second-order valence-electron chi connectivity index (χ2n) is 7.07. The van der Waals surface area contributed by atoms with Crippen molar-refractivity contribution in [3.8, 4) is 17.2 Å². The molecule has 8 nitrogen and oxygen atoms in total. The predicted molar refractivity (Wildman–Crippen MR) is 120 cm³/mol. The lowest BCUT2D eigenvalue weighted by Crippen LogP contribution is -2.23. The van der Waals surface area contributed by atoms with Gasteiger partial charge < -0.3 is 9.47 Å². The Bertz CT molecular complexity index is 1170. The van der Waals surface area contributed by atoms with Crippen molar-refractivity contribution in [2.75, 3.05) is 14.2 Å². The van der Waals surface area contributed by atoms with Crippen molar-refractivity contribution in [3.63, 3.8) is 0 Å². The molecule has 168 valence electrons. The summed E-state index contributed by atoms with van der Waals surface area (Å²) in [6.07, 6.45) is 1.40. The van der Waals surface area contributed by atoms with Gasteiger partial charge in [-0.1, -0.05) is 13.3 Å². The largest absolute Gasteiger partial charge is 0.497 e. The molecule has 1 amide bonds. The first-order chi connectivity index (χ1) is 15.4. The van der Waals surface area contributed by atoms with Crippen molar-refractivity contribution in [2.24, 2.45) is 5.10 Å². The smallest absolute Gasteiger partial charge is 0.280 e. The number of hydrogen-bond acceptors (Lipinski definition) is 5. The number of methoxy groups -OCH3 is 2. The molecule has 0 atom stereocenters. The number of hydrogen-bond donors (Lipinski definition) is 2. The van der Waals surface area contributed by atoms with Gasteiger partial charge in [-0.2, -0.15) is 5.10 Å². The Balaban J connectivity index is 1.92. The second-order valence-corrected chi connectivity index (χ2v) is 7.07. The Morgan fingerprint density at radius 3 is 2.31 bits per heavy atom. The van der Waals surface area contributed by atoms with E-state index in [1.54, 1.807) is 25.1 Å². The van der Waals surface area contributed by atoms with Crippen LogP contribution in [-0.2, 0) is 6.42 Å². The Morgan fingerprint density at radius 1 is 1.12 bits per heavy atom. The third-order valence-corrected chi connectivity index (χ3v) is 4.85. The molecule has 0 aliphatic carbocycles. The molecule has 0 unspecified atom stereocenters. The highest BCUT2D eigenvalue weighted by atomic mass is 19.1. The number of carbonyl (C=O) groups is 1. The standard InChI is InChI=1S/C23H25FN4O4/c1-5-6-20-21(23(30)28(27-20)17-9-7-16(24)8-10-17)14(2)25-26-22(29)15-11-18(31-3)13-19(12-15)32-4/h7-13,27H,5-6H2,1-4H3,(H,26,29). The first-order valence-electron chi connectivity index (χ1n) is 10.1. The van der Waals surface area contributed by atoms with E-state index in [-0.39, 0.29) is 5.56 Å². The van der Waals surface area contributed by atoms with Crippen LogP contribution in [0.4, 0.5) is 4.39 Å². The first kappa shape index (κ1) is 22.8. The molecule has 0 spiro atoms. The Hall–Kier alpha value is -3.88. The van der Waals surface area contributed by atoms with Crippen LogP contribution >= 0.6 is 0 Å². The minimum absolute atomic E-state index is 0.296. The number of ether oxygens (including phenoxy) is 2. The van der Waals surface area contributed by atoms with Gasteiger partial charge in [0.2, 0.25) is 0 Å². The van der Waals surface area contributed by atoms with Gasteiger partial charge in [0, 0.05) is 17.3 Å². The third-order valence-electron chi connectivity index (χ3n) is 4.85. The van der Waals surface area contributed by atoms with Crippen molar-refractivity contribution in [2.45, 2.75) is 26.7 Å². The third kappa shape index (κ3) is 4.88. The number of amides is 1. The maximum atomic E-state index is 13.3. The SMILES string of the molecule is CCCc1[nH]n(-c2ccc(F)cc2)c(=O)c1C(C)=NNC(=O)c1cc(OC)cc(OC)c1. The van der Waals surface area contributed by atoms with Gasteiger partial charge in [-0.15, -0.1) is 0 Å². The van der Waals surface area contributed by atoms with Crippen LogP contribution < -0.4 is 20.5 Å². The normalized spacial score (nSPS) is 11.3. The Labute approximate surface area is 184 Å². The maximum absolute atomic E-state index is 13.3. The number of aromatic nitrogens is 2. The van der Waals surface area contributed by atoms with Gasteiger partial charge in [0.05, 0.1) is 31.2 Å². The lowest BCUT2D eigenvalue weighted by molar-refractivity contribution is 0.0954. The number of aromatic amines is 1. The van der Waals surface area contributed by atoms with E-state index in [2.05, 4.69) is 15.6 Å². The van der Waals surface area contributed by atoms with Crippen LogP contribution in [0.2, 0.25) is 0 Å². The topological polar surface area (TPSA) is 97.7 Å². The number of hydrazone groups is 1. The summed E-state index contributed by atoms with van der Waals surface area (Å²) in [5.74, 6) is 0.0616. The second kappa shape index (κ2) is 9.95. The van der Waals surface area contributed by atoms with E-state index >= 15 is 0 Å². The molecule has 0 fully saturated rings. The van der Waals surface area contributed by atoms with E-state index in [1.165, 1.54) is 43.2 Å². The van der Waals surface area contributed by atoms with Crippen LogP contribution in [0.3, 0.4) is 0 Å². The van der Waals surface area contributed by atoms with E-state index in [9.17, 15) is 14.0 Å². The van der Waals surface area contributed by atoms with E-state index in [1.807, 2.05) is 6.92 Å². The summed E-state index contributed by atoms with van der Waals surface area (Å²) in [4.78, 5) is 25.7. The van der Waals surface area contributed by atoms with Crippen LogP contribution in [0, 0.1) is 5.82 Å². The van der Waals surface area contributed by atoms with Crippen molar-refractivity contribution < 1.29 is 18.7 Å². The highest BCUT2D eigenvalue weighted by molar-refractivity contribution is 6.01. The molecule has 1 heterocycles. The van der Waals surface area contributed by atoms with Gasteiger partial charge in [0.1, 0.15) is 17.3 Å². The van der Waals surface area contributed by atoms with Crippen LogP contribution in [0.25, 0.3) is 5.69 Å². The molecule has 3 aromatic rings. The van der Waals surface area contributed by atoms with Crippen LogP contribution in [-0.4, -0.2) is 35.6 Å². The van der Waals surface area contributed by atoms with Crippen LogP contribution in [0.1, 0.15) is 41.9 Å². The Kier molecular flexibility index (Phi) is 7.09. The number of nitrogens with one attached hydrogen (secondary N) is 2. The average molecular weight is 440 g/mol. The minimum Gasteiger partial charge on any atom is -0.497 e. The first-order valence-corrected chi connectivity index (χ1v) is 10.1. The fourth-order valence-corrected chi connectivity index (χ4v) is 3.25. The van der Waals surface area contributed by atoms with Gasteiger partial charge in [-0.3, -0.25) is 14.7 Å². The van der Waals surface area contributed by atoms with E-state index in [0.29, 0.717) is 46.1 Å². The number of halogens is 1. The van der Waals surface area contributed by atoms with E-state index < -0.39 is 11.7 Å². The maximum Gasteiger partial charge on any atom is 0.280 e. The summed E-state index contributed by atoms with van der Waals surface area (Å²) in [7, 11) is 2.98. The summed E-state index contributed by atoms with van der Waals surface area (Å²) in [5, 5.41) is 7.22. The minimum atomic E-state index is -0.479. The molecule has 1 aromatic heterocycles. The fraction of sp³-hybridized carbons (Fsp3) is 0.261. The highest BCUT2D eigenvalue weighted by Gasteiger charge is 2.18. The Morgan fingerprint density at radius 2 is 1.75 bits per heavy atom. The summed E-state index contributed by atoms with van der Waals surface area (Å²) in [5.41, 5.74) is 4.33. The summed E-state index contributed by atoms with van der Waals surface area (Å²) < 4.78 is 25.0. The van der Waals surface area contributed by atoms with E-state index in [4.69, 9.17) is 9.47 Å². The number of carbonyl (C=O) groups excluding carboxylic acids is 1. The molecular weight excluding hydrogens is 415 g/mol. The molecule has 0 aliphatic rings. The van der Waals surface area contributed by atoms with Crippen molar-refractivity contribution in [3.05, 3.63) is 75.5 Å².